The highest BCUT2D eigenvalue weighted by atomic mass is 19.3. The van der Waals surface area contributed by atoms with Crippen molar-refractivity contribution in [2.45, 2.75) is 26.5 Å². The molecule has 5 heteroatoms. The molecule has 0 aliphatic heterocycles. The Hall–Kier alpha value is -1.46. The molecule has 0 aliphatic rings. The van der Waals surface area contributed by atoms with Gasteiger partial charge in [-0.05, 0) is 12.6 Å². The molecule has 3 nitrogen and oxygen atoms in total. The Morgan fingerprint density at radius 3 is 2.84 bits per heavy atom. The summed E-state index contributed by atoms with van der Waals surface area (Å²) in [5.74, 6) is 0.614. The Kier molecular flexibility index (Phi) is 4.87. The van der Waals surface area contributed by atoms with Gasteiger partial charge >= 0.3 is 0 Å². The zero-order chi connectivity index (χ0) is 13.7. The van der Waals surface area contributed by atoms with Crippen molar-refractivity contribution < 1.29 is 17.9 Å². The van der Waals surface area contributed by atoms with E-state index in [1.165, 1.54) is 0 Å². The van der Waals surface area contributed by atoms with Crippen molar-refractivity contribution in [2.75, 3.05) is 13.2 Å². The minimum atomic E-state index is -2.46. The maximum Gasteiger partial charge on any atom is 0.261 e. The zero-order valence-electron chi connectivity index (χ0n) is 10.8. The van der Waals surface area contributed by atoms with Gasteiger partial charge in [-0.15, -0.1) is 0 Å². The summed E-state index contributed by atoms with van der Waals surface area (Å²) in [6, 6.07) is 7.63. The largest absolute Gasteiger partial charge is 0.458 e. The first kappa shape index (κ1) is 14.0. The van der Waals surface area contributed by atoms with Crippen molar-refractivity contribution in [1.82, 2.24) is 5.32 Å². The lowest BCUT2D eigenvalue weighted by atomic mass is 10.1. The summed E-state index contributed by atoms with van der Waals surface area (Å²) < 4.78 is 34.8. The van der Waals surface area contributed by atoms with Crippen LogP contribution in [0.4, 0.5) is 8.78 Å². The standard InChI is InChI=1S/C14H17F2NO2/c1-2-17-7-11-10-5-3-4-6-12(10)19-13(11)8-18-9-14(15)16/h3-6,14,17H,2,7-9H2,1H3. The van der Waals surface area contributed by atoms with Gasteiger partial charge in [0.1, 0.15) is 24.6 Å². The average molecular weight is 269 g/mol. The number of fused-ring (bicyclic) bond motifs is 1. The van der Waals surface area contributed by atoms with Gasteiger partial charge in [0.15, 0.2) is 0 Å². The zero-order valence-corrected chi connectivity index (χ0v) is 10.8. The SMILES string of the molecule is CCNCc1c(COCC(F)F)oc2ccccc12. The molecule has 0 amide bonds. The Morgan fingerprint density at radius 1 is 1.32 bits per heavy atom. The van der Waals surface area contributed by atoms with Gasteiger partial charge in [-0.25, -0.2) is 8.78 Å². The van der Waals surface area contributed by atoms with E-state index in [1.807, 2.05) is 31.2 Å². The number of nitrogens with one attached hydrogen (secondary N) is 1. The quantitative estimate of drug-likeness (QED) is 0.837. The smallest absolute Gasteiger partial charge is 0.261 e. The Labute approximate surface area is 110 Å². The number of alkyl halides is 2. The second kappa shape index (κ2) is 6.63. The van der Waals surface area contributed by atoms with Gasteiger partial charge < -0.3 is 14.5 Å². The molecule has 0 unspecified atom stereocenters. The Bertz CT molecular complexity index is 525. The van der Waals surface area contributed by atoms with E-state index in [0.29, 0.717) is 12.3 Å². The van der Waals surface area contributed by atoms with Crippen molar-refractivity contribution in [2.24, 2.45) is 0 Å². The Balaban J connectivity index is 2.19. The fraction of sp³-hybridized carbons (Fsp3) is 0.429. The molecule has 1 aromatic heterocycles. The predicted octanol–water partition coefficient (Wildman–Crippen LogP) is 3.32. The lowest BCUT2D eigenvalue weighted by molar-refractivity contribution is 0.00460. The molecule has 0 radical (unpaired) electrons. The van der Waals surface area contributed by atoms with E-state index >= 15 is 0 Å². The van der Waals surface area contributed by atoms with Crippen LogP contribution in [0.3, 0.4) is 0 Å². The summed E-state index contributed by atoms with van der Waals surface area (Å²) in [5, 5.41) is 4.22. The summed E-state index contributed by atoms with van der Waals surface area (Å²) in [4.78, 5) is 0. The average Bonchev–Trinajstić information content (AvgIpc) is 2.74. The summed E-state index contributed by atoms with van der Waals surface area (Å²) >= 11 is 0. The van der Waals surface area contributed by atoms with E-state index in [2.05, 4.69) is 5.32 Å². The van der Waals surface area contributed by atoms with Gasteiger partial charge in [0.05, 0.1) is 0 Å². The Morgan fingerprint density at radius 2 is 2.11 bits per heavy atom. The third-order valence-corrected chi connectivity index (χ3v) is 2.81. The van der Waals surface area contributed by atoms with Gasteiger partial charge in [-0.1, -0.05) is 25.1 Å². The summed E-state index contributed by atoms with van der Waals surface area (Å²) in [6.07, 6.45) is -2.46. The normalized spacial score (nSPS) is 11.6. The number of furan rings is 1. The van der Waals surface area contributed by atoms with Crippen LogP contribution in [0.2, 0.25) is 0 Å². The monoisotopic (exact) mass is 269 g/mol. The molecule has 2 rings (SSSR count). The molecular weight excluding hydrogens is 252 g/mol. The van der Waals surface area contributed by atoms with Crippen molar-refractivity contribution in [1.29, 1.82) is 0 Å². The molecule has 0 aliphatic carbocycles. The maximum atomic E-state index is 12.1. The second-order valence-electron chi connectivity index (χ2n) is 4.19. The minimum absolute atomic E-state index is 0.0692. The van der Waals surface area contributed by atoms with Gasteiger partial charge in [0.25, 0.3) is 6.43 Å². The van der Waals surface area contributed by atoms with Crippen molar-refractivity contribution >= 4 is 11.0 Å². The first-order valence-corrected chi connectivity index (χ1v) is 6.28. The molecule has 0 atom stereocenters. The molecule has 0 spiro atoms. The number of halogens is 2. The fourth-order valence-corrected chi connectivity index (χ4v) is 1.95. The molecule has 0 bridgehead atoms. The highest BCUT2D eigenvalue weighted by molar-refractivity contribution is 5.82. The number of ether oxygens (including phenoxy) is 1. The van der Waals surface area contributed by atoms with Crippen LogP contribution in [0.5, 0.6) is 0 Å². The van der Waals surface area contributed by atoms with Crippen molar-refractivity contribution in [3.8, 4) is 0 Å². The third-order valence-electron chi connectivity index (χ3n) is 2.81. The predicted molar refractivity (Wildman–Crippen MR) is 69.3 cm³/mol. The number of hydrogen-bond acceptors (Lipinski definition) is 3. The van der Waals surface area contributed by atoms with Crippen LogP contribution < -0.4 is 5.32 Å². The van der Waals surface area contributed by atoms with Crippen LogP contribution in [-0.4, -0.2) is 19.6 Å². The van der Waals surface area contributed by atoms with Gasteiger partial charge in [0.2, 0.25) is 0 Å². The molecular formula is C14H17F2NO2. The van der Waals surface area contributed by atoms with Crippen molar-refractivity contribution in [3.63, 3.8) is 0 Å². The highest BCUT2D eigenvalue weighted by Crippen LogP contribution is 2.26. The molecule has 0 saturated heterocycles. The molecule has 1 aromatic carbocycles. The number of benzene rings is 1. The molecule has 104 valence electrons. The van der Waals surface area contributed by atoms with Gasteiger partial charge in [-0.2, -0.15) is 0 Å². The van der Waals surface area contributed by atoms with Crippen LogP contribution >= 0.6 is 0 Å². The number of rotatable bonds is 7. The van der Waals surface area contributed by atoms with Crippen LogP contribution in [0, 0.1) is 0 Å². The van der Waals surface area contributed by atoms with E-state index in [4.69, 9.17) is 9.15 Å². The molecule has 19 heavy (non-hydrogen) atoms. The highest BCUT2D eigenvalue weighted by Gasteiger charge is 2.14. The molecule has 1 N–H and O–H groups in total. The third kappa shape index (κ3) is 3.52. The maximum absolute atomic E-state index is 12.1. The minimum Gasteiger partial charge on any atom is -0.458 e. The van der Waals surface area contributed by atoms with Gasteiger partial charge in [0, 0.05) is 17.5 Å². The fourth-order valence-electron chi connectivity index (χ4n) is 1.95. The summed E-state index contributed by atoms with van der Waals surface area (Å²) in [7, 11) is 0. The molecule has 1 heterocycles. The number of hydrogen-bond donors (Lipinski definition) is 1. The molecule has 0 saturated carbocycles. The molecule has 0 fully saturated rings. The van der Waals surface area contributed by atoms with Crippen LogP contribution in [0.1, 0.15) is 18.2 Å². The lowest BCUT2D eigenvalue weighted by Gasteiger charge is -2.05. The van der Waals surface area contributed by atoms with E-state index in [1.54, 1.807) is 0 Å². The van der Waals surface area contributed by atoms with Gasteiger partial charge in [-0.3, -0.25) is 0 Å². The van der Waals surface area contributed by atoms with Crippen LogP contribution in [0.25, 0.3) is 11.0 Å². The summed E-state index contributed by atoms with van der Waals surface area (Å²) in [5.41, 5.74) is 1.73. The van der Waals surface area contributed by atoms with E-state index in [0.717, 1.165) is 23.1 Å². The summed E-state index contributed by atoms with van der Waals surface area (Å²) in [6.45, 7) is 2.98. The van der Waals surface area contributed by atoms with E-state index in [9.17, 15) is 8.78 Å². The van der Waals surface area contributed by atoms with E-state index in [-0.39, 0.29) is 6.61 Å². The molecule has 2 aromatic rings. The van der Waals surface area contributed by atoms with Crippen molar-refractivity contribution in [3.05, 3.63) is 35.6 Å². The van der Waals surface area contributed by atoms with Crippen LogP contribution in [-0.2, 0) is 17.9 Å². The first-order chi connectivity index (χ1) is 9.22. The first-order valence-electron chi connectivity index (χ1n) is 6.28. The number of para-hydroxylation sites is 1. The second-order valence-corrected chi connectivity index (χ2v) is 4.19. The lowest BCUT2D eigenvalue weighted by Crippen LogP contribution is -2.13. The topological polar surface area (TPSA) is 34.4 Å². The van der Waals surface area contributed by atoms with E-state index < -0.39 is 13.0 Å². The van der Waals surface area contributed by atoms with Crippen LogP contribution in [0.15, 0.2) is 28.7 Å².